The van der Waals surface area contributed by atoms with Crippen molar-refractivity contribution in [3.8, 4) is 0 Å². The second-order valence-corrected chi connectivity index (χ2v) is 9.68. The molecule has 0 saturated carbocycles. The van der Waals surface area contributed by atoms with Gasteiger partial charge in [0.05, 0.1) is 11.9 Å². The number of thiophene rings is 1. The van der Waals surface area contributed by atoms with Gasteiger partial charge in [0, 0.05) is 16.8 Å². The summed E-state index contributed by atoms with van der Waals surface area (Å²) in [6.07, 6.45) is 0. The van der Waals surface area contributed by atoms with E-state index in [1.165, 1.54) is 10.7 Å². The summed E-state index contributed by atoms with van der Waals surface area (Å²) in [6.45, 7) is 4.44. The smallest absolute Gasteiger partial charge is 0.274 e. The van der Waals surface area contributed by atoms with Crippen LogP contribution in [0.3, 0.4) is 0 Å². The molecule has 3 N–H and O–H groups in total. The molecule has 0 unspecified atom stereocenters. The molecule has 10 heteroatoms. The number of fused-ring (bicyclic) bond motifs is 1. The summed E-state index contributed by atoms with van der Waals surface area (Å²) in [5.41, 5.74) is -0.0871. The van der Waals surface area contributed by atoms with Crippen molar-refractivity contribution in [1.82, 2.24) is 15.1 Å². The molecular formula is C18H20N4O4S2. The van der Waals surface area contributed by atoms with Crippen LogP contribution in [0.4, 0.5) is 0 Å². The van der Waals surface area contributed by atoms with Crippen LogP contribution >= 0.6 is 11.3 Å². The summed E-state index contributed by atoms with van der Waals surface area (Å²) >= 11 is 0.991. The van der Waals surface area contributed by atoms with E-state index >= 15 is 0 Å². The number of nitrogens with two attached hydrogens (primary N) is 1. The fraction of sp³-hybridized carbons (Fsp3) is 0.278. The predicted octanol–water partition coefficient (Wildman–Crippen LogP) is 1.69. The molecule has 2 aromatic heterocycles. The summed E-state index contributed by atoms with van der Waals surface area (Å²) < 4.78 is 24.1. The number of sulfonamides is 1. The van der Waals surface area contributed by atoms with Crippen LogP contribution in [-0.2, 0) is 23.1 Å². The highest BCUT2D eigenvalue weighted by Crippen LogP contribution is 2.20. The molecule has 0 aliphatic rings. The Balaban J connectivity index is 1.91. The number of amides is 1. The zero-order valence-electron chi connectivity index (χ0n) is 15.4. The number of hydrogen-bond donors (Lipinski definition) is 2. The Morgan fingerprint density at radius 3 is 2.50 bits per heavy atom. The lowest BCUT2D eigenvalue weighted by atomic mass is 10.1. The normalized spacial score (nSPS) is 11.9. The molecule has 0 aliphatic heterocycles. The van der Waals surface area contributed by atoms with Crippen molar-refractivity contribution in [1.29, 1.82) is 0 Å². The fourth-order valence-electron chi connectivity index (χ4n) is 2.73. The van der Waals surface area contributed by atoms with Gasteiger partial charge in [-0.3, -0.25) is 9.59 Å². The zero-order chi connectivity index (χ0) is 20.5. The molecule has 0 atom stereocenters. The minimum absolute atomic E-state index is 0.0332. The van der Waals surface area contributed by atoms with Crippen molar-refractivity contribution in [2.75, 3.05) is 0 Å². The van der Waals surface area contributed by atoms with Crippen LogP contribution in [0.15, 0.2) is 45.4 Å². The van der Waals surface area contributed by atoms with Gasteiger partial charge in [-0.2, -0.15) is 5.10 Å². The van der Waals surface area contributed by atoms with Gasteiger partial charge in [0.2, 0.25) is 10.0 Å². The Kier molecular flexibility index (Phi) is 5.64. The van der Waals surface area contributed by atoms with Gasteiger partial charge in [0.25, 0.3) is 11.5 Å². The second-order valence-electron chi connectivity index (χ2n) is 6.72. The zero-order valence-corrected chi connectivity index (χ0v) is 17.0. The van der Waals surface area contributed by atoms with Crippen LogP contribution < -0.4 is 16.0 Å². The van der Waals surface area contributed by atoms with Gasteiger partial charge in [-0.1, -0.05) is 32.0 Å². The van der Waals surface area contributed by atoms with Crippen molar-refractivity contribution in [2.24, 2.45) is 11.1 Å². The van der Waals surface area contributed by atoms with E-state index in [4.69, 9.17) is 5.14 Å². The first-order chi connectivity index (χ1) is 13.2. The van der Waals surface area contributed by atoms with Crippen LogP contribution in [0.25, 0.3) is 10.8 Å². The van der Waals surface area contributed by atoms with Crippen molar-refractivity contribution < 1.29 is 13.2 Å². The average Bonchev–Trinajstić information content (AvgIpc) is 3.11. The Bertz CT molecular complexity index is 1200. The molecule has 0 bridgehead atoms. The first-order valence-electron chi connectivity index (χ1n) is 8.56. The Morgan fingerprint density at radius 2 is 1.89 bits per heavy atom. The summed E-state index contributed by atoms with van der Waals surface area (Å²) in [5.74, 6) is -0.260. The molecule has 3 aromatic rings. The molecule has 3 rings (SSSR count). The molecule has 1 amide bonds. The first-order valence-corrected chi connectivity index (χ1v) is 10.9. The average molecular weight is 421 g/mol. The highest BCUT2D eigenvalue weighted by Gasteiger charge is 2.18. The number of hydrogen-bond acceptors (Lipinski definition) is 6. The maximum absolute atomic E-state index is 12.8. The summed E-state index contributed by atoms with van der Waals surface area (Å²) in [5, 5.41) is 13.0. The maximum Gasteiger partial charge on any atom is 0.274 e. The van der Waals surface area contributed by atoms with E-state index in [9.17, 15) is 18.0 Å². The highest BCUT2D eigenvalue weighted by atomic mass is 32.2. The van der Waals surface area contributed by atoms with Crippen molar-refractivity contribution in [3.63, 3.8) is 0 Å². The third-order valence-electron chi connectivity index (χ3n) is 3.96. The number of carbonyl (C=O) groups is 1. The molecule has 8 nitrogen and oxygen atoms in total. The third kappa shape index (κ3) is 4.29. The number of carbonyl (C=O) groups excluding carboxylic acids is 1. The number of nitrogens with one attached hydrogen (secondary N) is 1. The largest absolute Gasteiger partial charge is 0.346 e. The number of aromatic nitrogens is 2. The summed E-state index contributed by atoms with van der Waals surface area (Å²) in [7, 11) is -3.77. The van der Waals surface area contributed by atoms with Gasteiger partial charge in [0.15, 0.2) is 5.69 Å². The van der Waals surface area contributed by atoms with Gasteiger partial charge in [-0.25, -0.2) is 18.2 Å². The molecule has 1 aromatic carbocycles. The lowest BCUT2D eigenvalue weighted by Crippen LogP contribution is -2.31. The van der Waals surface area contributed by atoms with Crippen molar-refractivity contribution in [2.45, 2.75) is 31.1 Å². The molecule has 0 spiro atoms. The van der Waals surface area contributed by atoms with E-state index in [-0.39, 0.29) is 27.9 Å². The number of nitrogens with zero attached hydrogens (tertiary/aromatic N) is 2. The fourth-order valence-corrected chi connectivity index (χ4v) is 4.45. The standard InChI is InChI=1S/C18H20N4O4S2/c1-11(2)10-22-18(24)14-6-4-3-5-13(14)16(21-22)17(23)20-9-12-7-8-15(27-12)28(19,25)26/h3-8,11H,9-10H2,1-2H3,(H,20,23)(H2,19,25,26). The molecule has 0 aliphatic carbocycles. The monoisotopic (exact) mass is 420 g/mol. The van der Waals surface area contributed by atoms with Gasteiger partial charge in [0.1, 0.15) is 4.21 Å². The first kappa shape index (κ1) is 20.2. The van der Waals surface area contributed by atoms with Gasteiger partial charge in [-0.15, -0.1) is 11.3 Å². The molecule has 0 radical (unpaired) electrons. The quantitative estimate of drug-likeness (QED) is 0.628. The Hall–Kier alpha value is -2.56. The number of rotatable bonds is 6. The van der Waals surface area contributed by atoms with Crippen molar-refractivity contribution in [3.05, 3.63) is 57.3 Å². The highest BCUT2D eigenvalue weighted by molar-refractivity contribution is 7.91. The molecule has 0 saturated heterocycles. The van der Waals surface area contributed by atoms with E-state index in [1.54, 1.807) is 30.3 Å². The third-order valence-corrected chi connectivity index (χ3v) is 6.49. The van der Waals surface area contributed by atoms with Gasteiger partial charge >= 0.3 is 0 Å². The van der Waals surface area contributed by atoms with Crippen LogP contribution in [0.5, 0.6) is 0 Å². The summed E-state index contributed by atoms with van der Waals surface area (Å²) in [6, 6.07) is 9.83. The molecule has 148 valence electrons. The topological polar surface area (TPSA) is 124 Å². The van der Waals surface area contributed by atoms with Crippen LogP contribution in [0.1, 0.15) is 29.2 Å². The minimum atomic E-state index is -3.77. The van der Waals surface area contributed by atoms with E-state index < -0.39 is 15.9 Å². The summed E-state index contributed by atoms with van der Waals surface area (Å²) in [4.78, 5) is 26.0. The molecule has 28 heavy (non-hydrogen) atoms. The van der Waals surface area contributed by atoms with Crippen LogP contribution in [0, 0.1) is 5.92 Å². The van der Waals surface area contributed by atoms with Gasteiger partial charge < -0.3 is 5.32 Å². The number of primary sulfonamides is 1. The predicted molar refractivity (Wildman–Crippen MR) is 108 cm³/mol. The molecule has 0 fully saturated rings. The lowest BCUT2D eigenvalue weighted by Gasteiger charge is -2.12. The number of benzene rings is 1. The minimum Gasteiger partial charge on any atom is -0.346 e. The molecular weight excluding hydrogens is 400 g/mol. The second kappa shape index (κ2) is 7.82. The van der Waals surface area contributed by atoms with Crippen LogP contribution in [-0.4, -0.2) is 24.1 Å². The van der Waals surface area contributed by atoms with E-state index in [1.807, 2.05) is 13.8 Å². The SMILES string of the molecule is CC(C)Cn1nc(C(=O)NCc2ccc(S(N)(=O)=O)s2)c2ccccc2c1=O. The van der Waals surface area contributed by atoms with E-state index in [2.05, 4.69) is 10.4 Å². The van der Waals surface area contributed by atoms with E-state index in [0.717, 1.165) is 11.3 Å². The van der Waals surface area contributed by atoms with Crippen LogP contribution in [0.2, 0.25) is 0 Å². The van der Waals surface area contributed by atoms with Gasteiger partial charge in [-0.05, 0) is 24.1 Å². The lowest BCUT2D eigenvalue weighted by molar-refractivity contribution is 0.0945. The van der Waals surface area contributed by atoms with Crippen molar-refractivity contribution >= 4 is 38.0 Å². The maximum atomic E-state index is 12.8. The Morgan fingerprint density at radius 1 is 1.21 bits per heavy atom. The Labute approximate surface area is 166 Å². The molecule has 2 heterocycles. The van der Waals surface area contributed by atoms with E-state index in [0.29, 0.717) is 22.2 Å².